The SMILES string of the molecule is C=C[C@]1(NC(=O)C(Cl)(Cl)Cl)CC=C(C)C[C@H]1[C@H]1COC(C)(C)O1. The fourth-order valence-electron chi connectivity index (χ4n) is 3.20. The van der Waals surface area contributed by atoms with Gasteiger partial charge in [0.15, 0.2) is 5.79 Å². The molecule has 1 heterocycles. The second kappa shape index (κ2) is 6.57. The molecule has 0 aromatic carbocycles. The first kappa shape index (κ1) is 19.1. The van der Waals surface area contributed by atoms with Gasteiger partial charge in [0.2, 0.25) is 0 Å². The number of alkyl halides is 3. The molecule has 7 heteroatoms. The number of nitrogens with one attached hydrogen (secondary N) is 1. The summed E-state index contributed by atoms with van der Waals surface area (Å²) in [6, 6.07) is 0. The number of rotatable bonds is 3. The minimum atomic E-state index is -2.02. The van der Waals surface area contributed by atoms with E-state index in [1.54, 1.807) is 6.08 Å². The van der Waals surface area contributed by atoms with Gasteiger partial charge in [0.25, 0.3) is 9.70 Å². The molecule has 0 bridgehead atoms. The quantitative estimate of drug-likeness (QED) is 0.595. The molecular weight excluding hydrogens is 361 g/mol. The molecule has 0 aromatic heterocycles. The molecule has 1 aliphatic heterocycles. The molecular formula is C16H22Cl3NO3. The van der Waals surface area contributed by atoms with Crippen molar-refractivity contribution in [2.45, 2.75) is 54.8 Å². The minimum Gasteiger partial charge on any atom is -0.348 e. The Hall–Kier alpha value is -0.260. The lowest BCUT2D eigenvalue weighted by atomic mass is 9.70. The second-order valence-electron chi connectivity index (χ2n) is 6.63. The van der Waals surface area contributed by atoms with Crippen LogP contribution in [0.25, 0.3) is 0 Å². The average molecular weight is 383 g/mol. The number of carbonyl (C=O) groups is 1. The summed E-state index contributed by atoms with van der Waals surface area (Å²) in [6.07, 6.45) is 4.92. The van der Waals surface area contributed by atoms with E-state index in [1.807, 2.05) is 13.8 Å². The Morgan fingerprint density at radius 2 is 2.13 bits per heavy atom. The zero-order chi connectivity index (χ0) is 17.5. The van der Waals surface area contributed by atoms with Crippen molar-refractivity contribution in [2.24, 2.45) is 5.92 Å². The first-order valence-electron chi connectivity index (χ1n) is 7.49. The van der Waals surface area contributed by atoms with E-state index in [2.05, 4.69) is 24.9 Å². The summed E-state index contributed by atoms with van der Waals surface area (Å²) in [6.45, 7) is 10.1. The van der Waals surface area contributed by atoms with Gasteiger partial charge in [0.1, 0.15) is 0 Å². The summed E-state index contributed by atoms with van der Waals surface area (Å²) in [5, 5.41) is 2.86. The lowest BCUT2D eigenvalue weighted by molar-refractivity contribution is -0.148. The van der Waals surface area contributed by atoms with Crippen LogP contribution in [0.1, 0.15) is 33.6 Å². The Balaban J connectivity index is 2.30. The van der Waals surface area contributed by atoms with Gasteiger partial charge in [0, 0.05) is 5.92 Å². The van der Waals surface area contributed by atoms with Gasteiger partial charge in [0.05, 0.1) is 18.2 Å². The van der Waals surface area contributed by atoms with Gasteiger partial charge < -0.3 is 14.8 Å². The van der Waals surface area contributed by atoms with Crippen molar-refractivity contribution in [3.63, 3.8) is 0 Å². The third-order valence-corrected chi connectivity index (χ3v) is 4.95. The van der Waals surface area contributed by atoms with Gasteiger partial charge in [-0.15, -0.1) is 6.58 Å². The van der Waals surface area contributed by atoms with Crippen LogP contribution in [0.15, 0.2) is 24.3 Å². The summed E-state index contributed by atoms with van der Waals surface area (Å²) in [7, 11) is 0. The molecule has 0 radical (unpaired) electrons. The molecule has 3 atom stereocenters. The molecule has 0 saturated carbocycles. The molecule has 1 fully saturated rings. The molecule has 4 nitrogen and oxygen atoms in total. The van der Waals surface area contributed by atoms with Crippen LogP contribution < -0.4 is 5.32 Å². The fourth-order valence-corrected chi connectivity index (χ4v) is 3.34. The number of hydrogen-bond donors (Lipinski definition) is 1. The van der Waals surface area contributed by atoms with Gasteiger partial charge in [-0.25, -0.2) is 0 Å². The van der Waals surface area contributed by atoms with Crippen molar-refractivity contribution >= 4 is 40.7 Å². The van der Waals surface area contributed by atoms with Crippen molar-refractivity contribution in [1.82, 2.24) is 5.32 Å². The Bertz CT molecular complexity index is 527. The van der Waals surface area contributed by atoms with Crippen molar-refractivity contribution in [3.05, 3.63) is 24.3 Å². The Kier molecular flexibility index (Phi) is 5.44. The molecule has 0 unspecified atom stereocenters. The van der Waals surface area contributed by atoms with Crippen LogP contribution in [0.3, 0.4) is 0 Å². The molecule has 1 aliphatic carbocycles. The summed E-state index contributed by atoms with van der Waals surface area (Å²) < 4.78 is 9.67. The van der Waals surface area contributed by atoms with Crippen LogP contribution in [-0.4, -0.2) is 33.7 Å². The Morgan fingerprint density at radius 3 is 2.61 bits per heavy atom. The van der Waals surface area contributed by atoms with Crippen LogP contribution in [0, 0.1) is 5.92 Å². The van der Waals surface area contributed by atoms with E-state index in [0.29, 0.717) is 13.0 Å². The first-order chi connectivity index (χ1) is 10.5. The van der Waals surface area contributed by atoms with E-state index in [1.165, 1.54) is 5.57 Å². The van der Waals surface area contributed by atoms with Gasteiger partial charge >= 0.3 is 0 Å². The standard InChI is InChI=1S/C16H22Cl3NO3/c1-5-15(20-13(21)16(17,18)19)7-6-10(2)8-11(15)12-9-22-14(3,4)23-12/h5-6,11-12H,1,7-9H2,2-4H3,(H,20,21)/t11-,12+,15-/m0/s1. The number of carbonyl (C=O) groups excluding carboxylic acids is 1. The summed E-state index contributed by atoms with van der Waals surface area (Å²) in [4.78, 5) is 12.2. The third kappa shape index (κ3) is 4.23. The van der Waals surface area contributed by atoms with E-state index in [9.17, 15) is 4.79 Å². The molecule has 0 spiro atoms. The largest absolute Gasteiger partial charge is 0.348 e. The minimum absolute atomic E-state index is 0.0527. The molecule has 2 aliphatic rings. The maximum Gasteiger partial charge on any atom is 0.272 e. The predicted molar refractivity (Wildman–Crippen MR) is 92.7 cm³/mol. The van der Waals surface area contributed by atoms with Gasteiger partial charge in [-0.3, -0.25) is 4.79 Å². The number of hydrogen-bond acceptors (Lipinski definition) is 3. The zero-order valence-electron chi connectivity index (χ0n) is 13.5. The molecule has 2 rings (SSSR count). The van der Waals surface area contributed by atoms with E-state index in [4.69, 9.17) is 44.3 Å². The maximum atomic E-state index is 12.2. The molecule has 1 amide bonds. The molecule has 1 saturated heterocycles. The van der Waals surface area contributed by atoms with Crippen LogP contribution in [0.2, 0.25) is 0 Å². The lowest BCUT2D eigenvalue weighted by Gasteiger charge is -2.44. The smallest absolute Gasteiger partial charge is 0.272 e. The van der Waals surface area contributed by atoms with Crippen molar-refractivity contribution in [2.75, 3.05) is 6.61 Å². The van der Waals surface area contributed by atoms with Crippen LogP contribution in [0.5, 0.6) is 0 Å². The first-order valence-corrected chi connectivity index (χ1v) is 8.63. The highest BCUT2D eigenvalue weighted by Gasteiger charge is 2.49. The number of amides is 1. The normalized spacial score (nSPS) is 33.9. The van der Waals surface area contributed by atoms with E-state index >= 15 is 0 Å². The number of halogens is 3. The van der Waals surface area contributed by atoms with E-state index in [-0.39, 0.29) is 12.0 Å². The summed E-state index contributed by atoms with van der Waals surface area (Å²) in [5.41, 5.74) is 0.485. The molecule has 1 N–H and O–H groups in total. The fraction of sp³-hybridized carbons (Fsp3) is 0.688. The topological polar surface area (TPSA) is 47.6 Å². The van der Waals surface area contributed by atoms with Crippen molar-refractivity contribution < 1.29 is 14.3 Å². The highest BCUT2D eigenvalue weighted by molar-refractivity contribution is 6.76. The number of allylic oxidation sites excluding steroid dienone is 1. The monoisotopic (exact) mass is 381 g/mol. The number of ether oxygens (including phenoxy) is 2. The van der Waals surface area contributed by atoms with Gasteiger partial charge in [-0.1, -0.05) is 52.5 Å². The molecule has 130 valence electrons. The van der Waals surface area contributed by atoms with Gasteiger partial charge in [-0.05, 0) is 33.6 Å². The maximum absolute atomic E-state index is 12.2. The second-order valence-corrected chi connectivity index (χ2v) is 8.91. The van der Waals surface area contributed by atoms with Crippen molar-refractivity contribution in [3.8, 4) is 0 Å². The van der Waals surface area contributed by atoms with Crippen LogP contribution in [-0.2, 0) is 14.3 Å². The van der Waals surface area contributed by atoms with E-state index < -0.39 is 21.0 Å². The lowest BCUT2D eigenvalue weighted by Crippen LogP contribution is -2.59. The Labute approximate surface area is 152 Å². The van der Waals surface area contributed by atoms with Gasteiger partial charge in [-0.2, -0.15) is 0 Å². The summed E-state index contributed by atoms with van der Waals surface area (Å²) >= 11 is 17.1. The summed E-state index contributed by atoms with van der Waals surface area (Å²) in [5.74, 6) is -1.37. The highest BCUT2D eigenvalue weighted by atomic mass is 35.6. The average Bonchev–Trinajstić information content (AvgIpc) is 2.80. The predicted octanol–water partition coefficient (Wildman–Crippen LogP) is 3.91. The van der Waals surface area contributed by atoms with Crippen molar-refractivity contribution in [1.29, 1.82) is 0 Å². The zero-order valence-corrected chi connectivity index (χ0v) is 15.8. The molecule has 0 aromatic rings. The van der Waals surface area contributed by atoms with Crippen LogP contribution in [0.4, 0.5) is 0 Å². The third-order valence-electron chi connectivity index (χ3n) is 4.44. The van der Waals surface area contributed by atoms with E-state index in [0.717, 1.165) is 6.42 Å². The molecule has 23 heavy (non-hydrogen) atoms. The highest BCUT2D eigenvalue weighted by Crippen LogP contribution is 2.42. The van der Waals surface area contributed by atoms with Crippen LogP contribution >= 0.6 is 34.8 Å². The Morgan fingerprint density at radius 1 is 1.48 bits per heavy atom.